The van der Waals surface area contributed by atoms with E-state index in [9.17, 15) is 4.79 Å². The van der Waals surface area contributed by atoms with Gasteiger partial charge in [-0.05, 0) is 12.1 Å². The van der Waals surface area contributed by atoms with Crippen molar-refractivity contribution in [1.82, 2.24) is 9.97 Å². The molecule has 1 aromatic heterocycles. The standard InChI is InChI=1S/C11H7Cl3N4O/c12-7-5(2-1-3-6(7)15)11(19)18-8-9(13)16-4-17-10(8)14/h1-4H,15H2,(H,18,19). The number of nitrogens with one attached hydrogen (secondary N) is 1. The molecule has 0 saturated heterocycles. The lowest BCUT2D eigenvalue weighted by Gasteiger charge is -2.09. The van der Waals surface area contributed by atoms with Gasteiger partial charge in [-0.2, -0.15) is 0 Å². The van der Waals surface area contributed by atoms with Crippen LogP contribution in [0.4, 0.5) is 11.4 Å². The van der Waals surface area contributed by atoms with Crippen LogP contribution in [0.1, 0.15) is 10.4 Å². The fourth-order valence-electron chi connectivity index (χ4n) is 1.35. The van der Waals surface area contributed by atoms with Gasteiger partial charge >= 0.3 is 0 Å². The first-order chi connectivity index (χ1) is 9.00. The Hall–Kier alpha value is -1.56. The third-order valence-corrected chi connectivity index (χ3v) is 3.26. The zero-order valence-electron chi connectivity index (χ0n) is 9.32. The van der Waals surface area contributed by atoms with Crippen LogP contribution in [0, 0.1) is 0 Å². The quantitative estimate of drug-likeness (QED) is 0.658. The van der Waals surface area contributed by atoms with Gasteiger partial charge in [-0.25, -0.2) is 9.97 Å². The Kier molecular flexibility index (Phi) is 4.09. The number of anilines is 2. The summed E-state index contributed by atoms with van der Waals surface area (Å²) in [6.45, 7) is 0. The van der Waals surface area contributed by atoms with Gasteiger partial charge in [-0.1, -0.05) is 40.9 Å². The van der Waals surface area contributed by atoms with Crippen molar-refractivity contribution >= 4 is 52.1 Å². The molecular weight excluding hydrogens is 311 g/mol. The largest absolute Gasteiger partial charge is 0.398 e. The van der Waals surface area contributed by atoms with Crippen molar-refractivity contribution in [1.29, 1.82) is 0 Å². The molecule has 0 bridgehead atoms. The summed E-state index contributed by atoms with van der Waals surface area (Å²) >= 11 is 17.6. The summed E-state index contributed by atoms with van der Waals surface area (Å²) in [5.41, 5.74) is 6.25. The first-order valence-electron chi connectivity index (χ1n) is 5.02. The summed E-state index contributed by atoms with van der Waals surface area (Å²) in [6.07, 6.45) is 1.19. The highest BCUT2D eigenvalue weighted by molar-refractivity contribution is 6.39. The molecule has 0 atom stereocenters. The second-order valence-corrected chi connectivity index (χ2v) is 4.59. The Balaban J connectivity index is 2.34. The molecule has 1 amide bonds. The molecule has 0 aliphatic heterocycles. The van der Waals surface area contributed by atoms with E-state index in [0.717, 1.165) is 0 Å². The van der Waals surface area contributed by atoms with Crippen molar-refractivity contribution in [3.05, 3.63) is 45.4 Å². The van der Waals surface area contributed by atoms with Crippen LogP contribution in [0.5, 0.6) is 0 Å². The molecule has 8 heteroatoms. The summed E-state index contributed by atoms with van der Waals surface area (Å²) in [5.74, 6) is -0.504. The van der Waals surface area contributed by atoms with Crippen molar-refractivity contribution in [2.75, 3.05) is 11.1 Å². The molecule has 19 heavy (non-hydrogen) atoms. The van der Waals surface area contributed by atoms with Crippen LogP contribution in [-0.2, 0) is 0 Å². The predicted molar refractivity (Wildman–Crippen MR) is 75.9 cm³/mol. The van der Waals surface area contributed by atoms with Gasteiger partial charge in [0.15, 0.2) is 10.3 Å². The number of hydrogen-bond acceptors (Lipinski definition) is 4. The molecule has 0 radical (unpaired) electrons. The summed E-state index contributed by atoms with van der Waals surface area (Å²) < 4.78 is 0. The van der Waals surface area contributed by atoms with E-state index in [1.165, 1.54) is 12.4 Å². The molecule has 1 aromatic carbocycles. The first kappa shape index (κ1) is 13.9. The minimum absolute atomic E-state index is 0.0355. The van der Waals surface area contributed by atoms with E-state index in [0.29, 0.717) is 5.69 Å². The topological polar surface area (TPSA) is 80.9 Å². The van der Waals surface area contributed by atoms with Crippen LogP contribution < -0.4 is 11.1 Å². The Morgan fingerprint density at radius 3 is 2.42 bits per heavy atom. The van der Waals surface area contributed by atoms with Crippen LogP contribution in [0.25, 0.3) is 0 Å². The van der Waals surface area contributed by atoms with Crippen molar-refractivity contribution < 1.29 is 4.79 Å². The average molecular weight is 318 g/mol. The highest BCUT2D eigenvalue weighted by Crippen LogP contribution is 2.28. The number of carbonyl (C=O) groups is 1. The maximum absolute atomic E-state index is 12.1. The number of nitrogen functional groups attached to an aromatic ring is 1. The third-order valence-electron chi connectivity index (χ3n) is 2.27. The van der Waals surface area contributed by atoms with E-state index in [1.54, 1.807) is 12.1 Å². The molecule has 2 rings (SSSR count). The monoisotopic (exact) mass is 316 g/mol. The van der Waals surface area contributed by atoms with Gasteiger partial charge in [0.05, 0.1) is 16.3 Å². The molecule has 2 aromatic rings. The molecule has 0 aliphatic carbocycles. The van der Waals surface area contributed by atoms with Crippen LogP contribution >= 0.6 is 34.8 Å². The molecule has 0 spiro atoms. The maximum Gasteiger partial charge on any atom is 0.257 e. The lowest BCUT2D eigenvalue weighted by molar-refractivity contribution is 0.102. The number of benzene rings is 1. The van der Waals surface area contributed by atoms with Crippen LogP contribution in [0.2, 0.25) is 15.3 Å². The highest BCUT2D eigenvalue weighted by atomic mass is 35.5. The zero-order chi connectivity index (χ0) is 14.0. The number of rotatable bonds is 2. The van der Waals surface area contributed by atoms with Crippen LogP contribution in [0.15, 0.2) is 24.5 Å². The van der Waals surface area contributed by atoms with Crippen molar-refractivity contribution in [3.8, 4) is 0 Å². The maximum atomic E-state index is 12.1. The van der Waals surface area contributed by atoms with Gasteiger partial charge in [0.2, 0.25) is 0 Å². The lowest BCUT2D eigenvalue weighted by atomic mass is 10.2. The number of hydrogen-bond donors (Lipinski definition) is 2. The molecule has 0 fully saturated rings. The van der Waals surface area contributed by atoms with Gasteiger partial charge in [-0.3, -0.25) is 4.79 Å². The zero-order valence-corrected chi connectivity index (χ0v) is 11.6. The number of amides is 1. The van der Waals surface area contributed by atoms with Crippen molar-refractivity contribution in [3.63, 3.8) is 0 Å². The number of carbonyl (C=O) groups excluding carboxylic acids is 1. The molecule has 5 nitrogen and oxygen atoms in total. The Morgan fingerprint density at radius 2 is 1.79 bits per heavy atom. The second-order valence-electron chi connectivity index (χ2n) is 3.49. The SMILES string of the molecule is Nc1cccc(C(=O)Nc2c(Cl)ncnc2Cl)c1Cl. The van der Waals surface area contributed by atoms with Gasteiger partial charge in [-0.15, -0.1) is 0 Å². The van der Waals surface area contributed by atoms with E-state index in [4.69, 9.17) is 40.5 Å². The summed E-state index contributed by atoms with van der Waals surface area (Å²) in [5, 5.41) is 2.72. The van der Waals surface area contributed by atoms with Gasteiger partial charge in [0.1, 0.15) is 12.0 Å². The van der Waals surface area contributed by atoms with Crippen LogP contribution in [-0.4, -0.2) is 15.9 Å². The fraction of sp³-hybridized carbons (Fsp3) is 0. The molecule has 0 aliphatic rings. The number of aromatic nitrogens is 2. The smallest absolute Gasteiger partial charge is 0.257 e. The normalized spacial score (nSPS) is 10.3. The fourth-order valence-corrected chi connectivity index (χ4v) is 1.97. The number of nitrogens with two attached hydrogens (primary N) is 1. The van der Waals surface area contributed by atoms with Crippen molar-refractivity contribution in [2.24, 2.45) is 0 Å². The van der Waals surface area contributed by atoms with E-state index in [2.05, 4.69) is 15.3 Å². The second kappa shape index (κ2) is 5.61. The lowest BCUT2D eigenvalue weighted by Crippen LogP contribution is -2.14. The molecular formula is C11H7Cl3N4O. The number of nitrogens with zero attached hydrogens (tertiary/aromatic N) is 2. The summed E-state index contributed by atoms with van der Waals surface area (Å²) in [7, 11) is 0. The Bertz CT molecular complexity index is 628. The molecule has 0 unspecified atom stereocenters. The molecule has 1 heterocycles. The Labute approximate surface area is 123 Å². The average Bonchev–Trinajstić information content (AvgIpc) is 2.37. The minimum atomic E-state index is -0.504. The van der Waals surface area contributed by atoms with E-state index < -0.39 is 5.91 Å². The van der Waals surface area contributed by atoms with E-state index >= 15 is 0 Å². The molecule has 0 saturated carbocycles. The molecule has 98 valence electrons. The van der Waals surface area contributed by atoms with Gasteiger partial charge in [0, 0.05) is 0 Å². The first-order valence-corrected chi connectivity index (χ1v) is 6.15. The third kappa shape index (κ3) is 2.89. The van der Waals surface area contributed by atoms with Gasteiger partial charge in [0.25, 0.3) is 5.91 Å². The van der Waals surface area contributed by atoms with Crippen LogP contribution in [0.3, 0.4) is 0 Å². The Morgan fingerprint density at radius 1 is 1.16 bits per heavy atom. The van der Waals surface area contributed by atoms with E-state index in [-0.39, 0.29) is 26.6 Å². The predicted octanol–water partition coefficient (Wildman–Crippen LogP) is 3.27. The van der Waals surface area contributed by atoms with E-state index in [1.807, 2.05) is 0 Å². The van der Waals surface area contributed by atoms with Crippen molar-refractivity contribution in [2.45, 2.75) is 0 Å². The molecule has 3 N–H and O–H groups in total. The number of halogens is 3. The summed E-state index contributed by atoms with van der Waals surface area (Å²) in [6, 6.07) is 4.73. The van der Waals surface area contributed by atoms with Gasteiger partial charge < -0.3 is 11.1 Å². The minimum Gasteiger partial charge on any atom is -0.398 e. The summed E-state index contributed by atoms with van der Waals surface area (Å²) in [4.78, 5) is 19.5. The highest BCUT2D eigenvalue weighted by Gasteiger charge is 2.16.